The number of para-hydroxylation sites is 1. The van der Waals surface area contributed by atoms with Gasteiger partial charge in [-0.25, -0.2) is 4.39 Å². The van der Waals surface area contributed by atoms with Crippen molar-refractivity contribution in [3.63, 3.8) is 0 Å². The fraction of sp³-hybridized carbons (Fsp3) is 0. The van der Waals surface area contributed by atoms with E-state index in [1.807, 2.05) is 30.3 Å². The zero-order valence-electron chi connectivity index (χ0n) is 13.5. The average Bonchev–Trinajstić information content (AvgIpc) is 2.63. The summed E-state index contributed by atoms with van der Waals surface area (Å²) in [6.45, 7) is 0. The van der Waals surface area contributed by atoms with Crippen LogP contribution in [-0.4, -0.2) is 15.0 Å². The van der Waals surface area contributed by atoms with E-state index in [1.165, 1.54) is 24.3 Å². The molecule has 4 aromatic rings. The van der Waals surface area contributed by atoms with Gasteiger partial charge < -0.3 is 16.0 Å². The minimum Gasteiger partial charge on any atom is -0.383 e. The lowest BCUT2D eigenvalue weighted by molar-refractivity contribution is 0.628. The summed E-state index contributed by atoms with van der Waals surface area (Å²) in [6.07, 6.45) is 0. The van der Waals surface area contributed by atoms with Crippen LogP contribution in [-0.2, 0) is 0 Å². The Balaban J connectivity index is 1.80. The number of nitrogens with one attached hydrogen (secondary N) is 2. The number of pyridine rings is 1. The molecule has 4 N–H and O–H groups in total. The van der Waals surface area contributed by atoms with Gasteiger partial charge in [-0.1, -0.05) is 30.3 Å². The van der Waals surface area contributed by atoms with E-state index in [0.29, 0.717) is 22.2 Å². The van der Waals surface area contributed by atoms with Gasteiger partial charge in [0.2, 0.25) is 5.95 Å². The quantitative estimate of drug-likeness (QED) is 0.527. The van der Waals surface area contributed by atoms with E-state index in [-0.39, 0.29) is 23.1 Å². The highest BCUT2D eigenvalue weighted by atomic mass is 19.1. The maximum Gasteiger partial charge on any atom is 0.257 e. The van der Waals surface area contributed by atoms with Gasteiger partial charge in [0.1, 0.15) is 17.3 Å². The van der Waals surface area contributed by atoms with Crippen LogP contribution in [0.3, 0.4) is 0 Å². The number of nitrogen functional groups attached to an aromatic ring is 1. The normalized spacial score (nSPS) is 10.8. The molecular formula is C19H14FN5O. The Morgan fingerprint density at radius 2 is 1.73 bits per heavy atom. The Kier molecular flexibility index (Phi) is 3.81. The van der Waals surface area contributed by atoms with E-state index >= 15 is 0 Å². The number of H-pyrrole nitrogens is 1. The Morgan fingerprint density at radius 3 is 2.46 bits per heavy atom. The SMILES string of the molecule is Nc1nc(Nc2ccccc2)nc2[nH]c(=O)c(-c3ccc(F)cc3)cc12. The van der Waals surface area contributed by atoms with Crippen molar-refractivity contribution < 1.29 is 4.39 Å². The first-order chi connectivity index (χ1) is 12.6. The molecule has 7 heteroatoms. The lowest BCUT2D eigenvalue weighted by Crippen LogP contribution is -2.12. The number of nitrogens with zero attached hydrogens (tertiary/aromatic N) is 2. The Bertz CT molecular complexity index is 1140. The summed E-state index contributed by atoms with van der Waals surface area (Å²) in [5.74, 6) is 0.143. The summed E-state index contributed by atoms with van der Waals surface area (Å²) in [7, 11) is 0. The first-order valence-electron chi connectivity index (χ1n) is 7.89. The van der Waals surface area contributed by atoms with Gasteiger partial charge in [-0.15, -0.1) is 0 Å². The third kappa shape index (κ3) is 2.98. The van der Waals surface area contributed by atoms with Gasteiger partial charge >= 0.3 is 0 Å². The van der Waals surface area contributed by atoms with E-state index in [0.717, 1.165) is 5.69 Å². The van der Waals surface area contributed by atoms with Crippen LogP contribution in [0.5, 0.6) is 0 Å². The molecule has 6 nitrogen and oxygen atoms in total. The van der Waals surface area contributed by atoms with Crippen molar-refractivity contribution in [2.75, 3.05) is 11.1 Å². The molecule has 0 aliphatic heterocycles. The van der Waals surface area contributed by atoms with Crippen LogP contribution in [0.1, 0.15) is 0 Å². The maximum absolute atomic E-state index is 13.1. The molecule has 0 bridgehead atoms. The van der Waals surface area contributed by atoms with Gasteiger partial charge in [0.25, 0.3) is 5.56 Å². The molecule has 128 valence electrons. The zero-order chi connectivity index (χ0) is 18.1. The molecule has 4 rings (SSSR count). The van der Waals surface area contributed by atoms with E-state index in [1.54, 1.807) is 6.07 Å². The first kappa shape index (κ1) is 15.8. The van der Waals surface area contributed by atoms with Crippen molar-refractivity contribution in [1.29, 1.82) is 0 Å². The highest BCUT2D eigenvalue weighted by molar-refractivity contribution is 5.89. The highest BCUT2D eigenvalue weighted by Crippen LogP contribution is 2.24. The molecule has 0 aliphatic carbocycles. The number of rotatable bonds is 3. The van der Waals surface area contributed by atoms with Gasteiger partial charge in [-0.3, -0.25) is 4.79 Å². The molecule has 0 spiro atoms. The lowest BCUT2D eigenvalue weighted by Gasteiger charge is -2.09. The summed E-state index contributed by atoms with van der Waals surface area (Å²) >= 11 is 0. The van der Waals surface area contributed by atoms with Crippen molar-refractivity contribution in [3.8, 4) is 11.1 Å². The summed E-state index contributed by atoms with van der Waals surface area (Å²) in [5.41, 5.74) is 7.80. The van der Waals surface area contributed by atoms with Crippen molar-refractivity contribution >= 4 is 28.5 Å². The summed E-state index contributed by atoms with van der Waals surface area (Å²) in [5, 5.41) is 3.56. The van der Waals surface area contributed by atoms with Crippen LogP contribution in [0.25, 0.3) is 22.2 Å². The molecule has 2 aromatic heterocycles. The Morgan fingerprint density at radius 1 is 1.00 bits per heavy atom. The molecule has 0 radical (unpaired) electrons. The number of anilines is 3. The van der Waals surface area contributed by atoms with Crippen LogP contribution in [0.4, 0.5) is 21.8 Å². The molecule has 0 saturated carbocycles. The predicted molar refractivity (Wildman–Crippen MR) is 99.7 cm³/mol. The van der Waals surface area contributed by atoms with Crippen molar-refractivity contribution in [2.24, 2.45) is 0 Å². The van der Waals surface area contributed by atoms with Gasteiger partial charge in [0, 0.05) is 11.3 Å². The number of fused-ring (bicyclic) bond motifs is 1. The number of aromatic nitrogens is 3. The fourth-order valence-electron chi connectivity index (χ4n) is 2.66. The van der Waals surface area contributed by atoms with Crippen molar-refractivity contribution in [1.82, 2.24) is 15.0 Å². The minimum absolute atomic E-state index is 0.230. The number of nitrogens with two attached hydrogens (primary N) is 1. The summed E-state index contributed by atoms with van der Waals surface area (Å²) < 4.78 is 13.1. The van der Waals surface area contributed by atoms with Crippen LogP contribution in [0, 0.1) is 5.82 Å². The molecule has 26 heavy (non-hydrogen) atoms. The molecule has 2 aromatic carbocycles. The molecule has 0 aliphatic rings. The second-order valence-corrected chi connectivity index (χ2v) is 5.70. The molecule has 0 amide bonds. The van der Waals surface area contributed by atoms with Crippen LogP contribution >= 0.6 is 0 Å². The smallest absolute Gasteiger partial charge is 0.257 e. The summed E-state index contributed by atoms with van der Waals surface area (Å²) in [4.78, 5) is 23.7. The standard InChI is InChI=1S/C19H14FN5O/c20-12-8-6-11(7-9-12)14-10-15-16(21)23-19(25-17(15)24-18(14)26)22-13-4-2-1-3-5-13/h1-10H,(H4,21,22,23,24,25,26). The van der Waals surface area contributed by atoms with Gasteiger partial charge in [0.15, 0.2) is 0 Å². The van der Waals surface area contributed by atoms with Crippen LogP contribution < -0.4 is 16.6 Å². The summed E-state index contributed by atoms with van der Waals surface area (Å²) in [6, 6.07) is 16.7. The van der Waals surface area contributed by atoms with E-state index in [4.69, 9.17) is 5.73 Å². The van der Waals surface area contributed by atoms with Gasteiger partial charge in [-0.2, -0.15) is 9.97 Å². The highest BCUT2D eigenvalue weighted by Gasteiger charge is 2.11. The second-order valence-electron chi connectivity index (χ2n) is 5.70. The van der Waals surface area contributed by atoms with Crippen LogP contribution in [0.2, 0.25) is 0 Å². The molecule has 0 atom stereocenters. The minimum atomic E-state index is -0.370. The molecule has 2 heterocycles. The van der Waals surface area contributed by atoms with Crippen molar-refractivity contribution in [3.05, 3.63) is 76.8 Å². The number of hydrogen-bond acceptors (Lipinski definition) is 5. The maximum atomic E-state index is 13.1. The number of aromatic amines is 1. The molecule has 0 unspecified atom stereocenters. The zero-order valence-corrected chi connectivity index (χ0v) is 13.5. The Labute approximate surface area is 147 Å². The number of halogens is 1. The van der Waals surface area contributed by atoms with Gasteiger partial charge in [0.05, 0.1) is 5.39 Å². The van der Waals surface area contributed by atoms with E-state index in [2.05, 4.69) is 20.3 Å². The predicted octanol–water partition coefficient (Wildman–Crippen LogP) is 3.45. The monoisotopic (exact) mass is 347 g/mol. The van der Waals surface area contributed by atoms with Gasteiger partial charge in [-0.05, 0) is 35.9 Å². The number of hydrogen-bond donors (Lipinski definition) is 3. The van der Waals surface area contributed by atoms with E-state index < -0.39 is 0 Å². The molecule has 0 saturated heterocycles. The van der Waals surface area contributed by atoms with Crippen LogP contribution in [0.15, 0.2) is 65.5 Å². The molecule has 0 fully saturated rings. The fourth-order valence-corrected chi connectivity index (χ4v) is 2.66. The lowest BCUT2D eigenvalue weighted by atomic mass is 10.1. The third-order valence-electron chi connectivity index (χ3n) is 3.93. The van der Waals surface area contributed by atoms with E-state index in [9.17, 15) is 9.18 Å². The number of benzene rings is 2. The average molecular weight is 347 g/mol. The molecular weight excluding hydrogens is 333 g/mol. The Hall–Kier alpha value is -3.74. The third-order valence-corrected chi connectivity index (χ3v) is 3.93. The second kappa shape index (κ2) is 6.29. The topological polar surface area (TPSA) is 96.7 Å². The van der Waals surface area contributed by atoms with Crippen molar-refractivity contribution in [2.45, 2.75) is 0 Å². The largest absolute Gasteiger partial charge is 0.383 e. The first-order valence-corrected chi connectivity index (χ1v) is 7.89.